The molecular formula is C20H23NO5S. The molecule has 0 radical (unpaired) electrons. The quantitative estimate of drug-likeness (QED) is 0.736. The smallest absolute Gasteiger partial charge is 0.338 e. The van der Waals surface area contributed by atoms with Crippen LogP contribution in [0.2, 0.25) is 0 Å². The molecule has 1 N–H and O–H groups in total. The van der Waals surface area contributed by atoms with Gasteiger partial charge in [0.15, 0.2) is 15.9 Å². The SMILES string of the molecule is CCc1ccc(NC(=O)[C@H](C)OC(=O)c2ccc(CS(C)(=O)=O)cc2)cc1. The number of carbonyl (C=O) groups is 2. The zero-order valence-electron chi connectivity index (χ0n) is 15.6. The van der Waals surface area contributed by atoms with E-state index in [1.165, 1.54) is 19.1 Å². The summed E-state index contributed by atoms with van der Waals surface area (Å²) in [5.41, 5.74) is 2.62. The number of nitrogens with one attached hydrogen (secondary N) is 1. The summed E-state index contributed by atoms with van der Waals surface area (Å²) in [7, 11) is -3.14. The molecule has 0 aliphatic rings. The Morgan fingerprint density at radius 1 is 1.00 bits per heavy atom. The van der Waals surface area contributed by atoms with Crippen molar-refractivity contribution < 1.29 is 22.7 Å². The molecule has 0 aliphatic heterocycles. The Morgan fingerprint density at radius 3 is 2.07 bits per heavy atom. The summed E-state index contributed by atoms with van der Waals surface area (Å²) in [6.45, 7) is 3.54. The predicted octanol–water partition coefficient (Wildman–Crippen LogP) is 2.98. The lowest BCUT2D eigenvalue weighted by Crippen LogP contribution is -2.30. The zero-order valence-corrected chi connectivity index (χ0v) is 16.4. The number of rotatable bonds is 7. The number of esters is 1. The van der Waals surface area contributed by atoms with Gasteiger partial charge in [0.1, 0.15) is 0 Å². The maximum absolute atomic E-state index is 12.2. The van der Waals surface area contributed by atoms with Gasteiger partial charge in [-0.2, -0.15) is 0 Å². The molecule has 0 saturated heterocycles. The molecule has 0 fully saturated rings. The van der Waals surface area contributed by atoms with Crippen molar-refractivity contribution in [1.82, 2.24) is 0 Å². The van der Waals surface area contributed by atoms with E-state index in [4.69, 9.17) is 4.74 Å². The molecule has 0 heterocycles. The van der Waals surface area contributed by atoms with Gasteiger partial charge in [0.25, 0.3) is 5.91 Å². The van der Waals surface area contributed by atoms with Gasteiger partial charge in [0, 0.05) is 11.9 Å². The van der Waals surface area contributed by atoms with E-state index >= 15 is 0 Å². The molecule has 0 spiro atoms. The summed E-state index contributed by atoms with van der Waals surface area (Å²) >= 11 is 0. The Kier molecular flexibility index (Phi) is 6.74. The average Bonchev–Trinajstić information content (AvgIpc) is 2.61. The minimum absolute atomic E-state index is 0.0992. The van der Waals surface area contributed by atoms with Gasteiger partial charge in [-0.05, 0) is 48.7 Å². The fourth-order valence-electron chi connectivity index (χ4n) is 2.39. The molecule has 27 heavy (non-hydrogen) atoms. The van der Waals surface area contributed by atoms with Gasteiger partial charge in [-0.3, -0.25) is 4.79 Å². The van der Waals surface area contributed by atoms with Crippen molar-refractivity contribution in [2.24, 2.45) is 0 Å². The minimum Gasteiger partial charge on any atom is -0.449 e. The lowest BCUT2D eigenvalue weighted by atomic mass is 10.1. The highest BCUT2D eigenvalue weighted by molar-refractivity contribution is 7.89. The zero-order chi connectivity index (χ0) is 20.0. The van der Waals surface area contributed by atoms with Crippen molar-refractivity contribution in [1.29, 1.82) is 0 Å². The predicted molar refractivity (Wildman–Crippen MR) is 104 cm³/mol. The number of ether oxygens (including phenoxy) is 1. The van der Waals surface area contributed by atoms with E-state index in [2.05, 4.69) is 5.32 Å². The van der Waals surface area contributed by atoms with Gasteiger partial charge in [0.05, 0.1) is 11.3 Å². The van der Waals surface area contributed by atoms with Crippen LogP contribution in [0.5, 0.6) is 0 Å². The molecule has 1 atom stereocenters. The van der Waals surface area contributed by atoms with Crippen LogP contribution in [-0.2, 0) is 31.5 Å². The highest BCUT2D eigenvalue weighted by Crippen LogP contribution is 2.13. The van der Waals surface area contributed by atoms with Crippen LogP contribution in [0, 0.1) is 0 Å². The van der Waals surface area contributed by atoms with Crippen molar-refractivity contribution in [3.63, 3.8) is 0 Å². The Hall–Kier alpha value is -2.67. The minimum atomic E-state index is -3.14. The Morgan fingerprint density at radius 2 is 1.56 bits per heavy atom. The number of hydrogen-bond donors (Lipinski definition) is 1. The first-order valence-corrected chi connectivity index (χ1v) is 10.6. The average molecular weight is 389 g/mol. The van der Waals surface area contributed by atoms with Crippen LogP contribution in [0.4, 0.5) is 5.69 Å². The van der Waals surface area contributed by atoms with E-state index < -0.39 is 27.8 Å². The Balaban J connectivity index is 1.94. The van der Waals surface area contributed by atoms with Crippen LogP contribution < -0.4 is 5.32 Å². The lowest BCUT2D eigenvalue weighted by Gasteiger charge is -2.14. The summed E-state index contributed by atoms with van der Waals surface area (Å²) in [6, 6.07) is 13.5. The summed E-state index contributed by atoms with van der Waals surface area (Å²) in [6.07, 6.45) is 1.08. The van der Waals surface area contributed by atoms with Crippen LogP contribution in [-0.4, -0.2) is 32.7 Å². The molecule has 2 rings (SSSR count). The molecule has 2 aromatic carbocycles. The Bertz CT molecular complexity index is 902. The van der Waals surface area contributed by atoms with Crippen LogP contribution in [0.1, 0.15) is 35.3 Å². The summed E-state index contributed by atoms with van der Waals surface area (Å²) in [5, 5.41) is 2.70. The van der Waals surface area contributed by atoms with Crippen LogP contribution in [0.15, 0.2) is 48.5 Å². The van der Waals surface area contributed by atoms with Gasteiger partial charge in [-0.15, -0.1) is 0 Å². The maximum Gasteiger partial charge on any atom is 0.338 e. The number of hydrogen-bond acceptors (Lipinski definition) is 5. The van der Waals surface area contributed by atoms with Crippen LogP contribution in [0.3, 0.4) is 0 Å². The first kappa shape index (κ1) is 20.6. The summed E-state index contributed by atoms with van der Waals surface area (Å²) in [4.78, 5) is 24.4. The van der Waals surface area contributed by atoms with E-state index in [0.717, 1.165) is 18.2 Å². The third-order valence-corrected chi connectivity index (χ3v) is 4.76. The van der Waals surface area contributed by atoms with E-state index in [0.29, 0.717) is 11.3 Å². The second-order valence-electron chi connectivity index (χ2n) is 6.35. The van der Waals surface area contributed by atoms with E-state index in [-0.39, 0.29) is 11.3 Å². The normalized spacial score (nSPS) is 12.3. The van der Waals surface area contributed by atoms with Crippen molar-refractivity contribution in [2.45, 2.75) is 32.1 Å². The molecule has 0 bridgehead atoms. The number of amides is 1. The highest BCUT2D eigenvalue weighted by Gasteiger charge is 2.19. The number of benzene rings is 2. The topological polar surface area (TPSA) is 89.5 Å². The van der Waals surface area contributed by atoms with E-state index in [1.807, 2.05) is 19.1 Å². The summed E-state index contributed by atoms with van der Waals surface area (Å²) in [5.74, 6) is -1.18. The second kappa shape index (κ2) is 8.81. The molecule has 0 aliphatic carbocycles. The van der Waals surface area contributed by atoms with Crippen molar-refractivity contribution in [2.75, 3.05) is 11.6 Å². The number of anilines is 1. The number of carbonyl (C=O) groups excluding carboxylic acids is 2. The molecule has 0 unspecified atom stereocenters. The van der Waals surface area contributed by atoms with Gasteiger partial charge in [-0.1, -0.05) is 31.2 Å². The van der Waals surface area contributed by atoms with E-state index in [1.54, 1.807) is 24.3 Å². The van der Waals surface area contributed by atoms with Gasteiger partial charge in [0.2, 0.25) is 0 Å². The highest BCUT2D eigenvalue weighted by atomic mass is 32.2. The van der Waals surface area contributed by atoms with Gasteiger partial charge >= 0.3 is 5.97 Å². The molecule has 2 aromatic rings. The Labute approximate surface area is 159 Å². The summed E-state index contributed by atoms with van der Waals surface area (Å²) < 4.78 is 27.8. The largest absolute Gasteiger partial charge is 0.449 e. The van der Waals surface area contributed by atoms with E-state index in [9.17, 15) is 18.0 Å². The molecule has 144 valence electrons. The molecule has 6 nitrogen and oxygen atoms in total. The molecule has 0 saturated carbocycles. The molecule has 1 amide bonds. The lowest BCUT2D eigenvalue weighted by molar-refractivity contribution is -0.123. The standard InChI is InChI=1S/C20H23NO5S/c1-4-15-7-11-18(12-8-15)21-19(22)14(2)26-20(23)17-9-5-16(6-10-17)13-27(3,24)25/h5-12,14H,4,13H2,1-3H3,(H,21,22)/t14-/m0/s1. The van der Waals surface area contributed by atoms with Crippen molar-refractivity contribution >= 4 is 27.4 Å². The molecule has 7 heteroatoms. The first-order chi connectivity index (χ1) is 12.7. The maximum atomic E-state index is 12.2. The third-order valence-electron chi connectivity index (χ3n) is 3.90. The fraction of sp³-hybridized carbons (Fsp3) is 0.300. The van der Waals surface area contributed by atoms with Crippen molar-refractivity contribution in [3.05, 3.63) is 65.2 Å². The first-order valence-electron chi connectivity index (χ1n) is 8.55. The van der Waals surface area contributed by atoms with Crippen LogP contribution in [0.25, 0.3) is 0 Å². The van der Waals surface area contributed by atoms with Gasteiger partial charge < -0.3 is 10.1 Å². The molecule has 0 aromatic heterocycles. The fourth-order valence-corrected chi connectivity index (χ4v) is 3.19. The number of aryl methyl sites for hydroxylation is 1. The molecular weight excluding hydrogens is 366 g/mol. The van der Waals surface area contributed by atoms with Gasteiger partial charge in [-0.25, -0.2) is 13.2 Å². The monoisotopic (exact) mass is 389 g/mol. The van der Waals surface area contributed by atoms with Crippen molar-refractivity contribution in [3.8, 4) is 0 Å². The third kappa shape index (κ3) is 6.53. The second-order valence-corrected chi connectivity index (χ2v) is 8.49. The van der Waals surface area contributed by atoms with Crippen LogP contribution >= 0.6 is 0 Å². The number of sulfone groups is 1.